The molecule has 0 spiro atoms. The molecule has 0 fully saturated rings. The standard InChI is InChI=1S/C16H26N2O/c1-5-13-7-9-14(10-8-13)15(6-2)17-11-16(19)18-12(3)4/h7-10,12,15,17H,5-6,11H2,1-4H3,(H,18,19). The van der Waals surface area contributed by atoms with Gasteiger partial charge in [-0.2, -0.15) is 0 Å². The van der Waals surface area contributed by atoms with Gasteiger partial charge in [0.1, 0.15) is 0 Å². The van der Waals surface area contributed by atoms with E-state index in [4.69, 9.17) is 0 Å². The summed E-state index contributed by atoms with van der Waals surface area (Å²) in [7, 11) is 0. The quantitative estimate of drug-likeness (QED) is 0.793. The van der Waals surface area contributed by atoms with Gasteiger partial charge in [-0.25, -0.2) is 0 Å². The van der Waals surface area contributed by atoms with Crippen LogP contribution >= 0.6 is 0 Å². The molecule has 1 unspecified atom stereocenters. The van der Waals surface area contributed by atoms with E-state index in [1.54, 1.807) is 0 Å². The van der Waals surface area contributed by atoms with Gasteiger partial charge in [0.05, 0.1) is 6.54 Å². The molecule has 19 heavy (non-hydrogen) atoms. The Bertz CT molecular complexity index is 384. The molecule has 3 nitrogen and oxygen atoms in total. The molecule has 0 saturated carbocycles. The average Bonchev–Trinajstić information content (AvgIpc) is 2.39. The summed E-state index contributed by atoms with van der Waals surface area (Å²) in [6.07, 6.45) is 2.03. The first-order valence-electron chi connectivity index (χ1n) is 7.18. The Balaban J connectivity index is 2.55. The van der Waals surface area contributed by atoms with Crippen molar-refractivity contribution < 1.29 is 4.79 Å². The lowest BCUT2D eigenvalue weighted by molar-refractivity contribution is -0.120. The van der Waals surface area contributed by atoms with Gasteiger partial charge in [0.25, 0.3) is 0 Å². The van der Waals surface area contributed by atoms with Gasteiger partial charge in [-0.15, -0.1) is 0 Å². The monoisotopic (exact) mass is 262 g/mol. The maximum Gasteiger partial charge on any atom is 0.234 e. The van der Waals surface area contributed by atoms with Crippen LogP contribution in [0.4, 0.5) is 0 Å². The second kappa shape index (κ2) is 7.95. The van der Waals surface area contributed by atoms with E-state index in [1.165, 1.54) is 11.1 Å². The maximum absolute atomic E-state index is 11.6. The second-order valence-corrected chi connectivity index (χ2v) is 5.16. The van der Waals surface area contributed by atoms with Crippen LogP contribution in [-0.2, 0) is 11.2 Å². The molecule has 3 heteroatoms. The summed E-state index contributed by atoms with van der Waals surface area (Å²) in [5.41, 5.74) is 2.59. The summed E-state index contributed by atoms with van der Waals surface area (Å²) >= 11 is 0. The van der Waals surface area contributed by atoms with Crippen molar-refractivity contribution in [3.8, 4) is 0 Å². The lowest BCUT2D eigenvalue weighted by atomic mass is 10.0. The molecule has 0 aliphatic heterocycles. The van der Waals surface area contributed by atoms with Crippen molar-refractivity contribution in [3.05, 3.63) is 35.4 Å². The first kappa shape index (κ1) is 15.7. The van der Waals surface area contributed by atoms with E-state index in [1.807, 2.05) is 13.8 Å². The van der Waals surface area contributed by atoms with Gasteiger partial charge in [-0.3, -0.25) is 4.79 Å². The van der Waals surface area contributed by atoms with Crippen molar-refractivity contribution in [2.24, 2.45) is 0 Å². The van der Waals surface area contributed by atoms with E-state index < -0.39 is 0 Å². The van der Waals surface area contributed by atoms with E-state index in [0.717, 1.165) is 12.8 Å². The number of nitrogens with one attached hydrogen (secondary N) is 2. The highest BCUT2D eigenvalue weighted by Gasteiger charge is 2.11. The SMILES string of the molecule is CCc1ccc(C(CC)NCC(=O)NC(C)C)cc1. The molecule has 0 aromatic heterocycles. The lowest BCUT2D eigenvalue weighted by Gasteiger charge is -2.18. The minimum Gasteiger partial charge on any atom is -0.353 e. The largest absolute Gasteiger partial charge is 0.353 e. The molecule has 1 rings (SSSR count). The molecule has 0 radical (unpaired) electrons. The Hall–Kier alpha value is -1.35. The van der Waals surface area contributed by atoms with Crippen LogP contribution in [0.15, 0.2) is 24.3 Å². The van der Waals surface area contributed by atoms with Crippen LogP contribution in [0.5, 0.6) is 0 Å². The molecule has 1 amide bonds. The maximum atomic E-state index is 11.6. The van der Waals surface area contributed by atoms with Crippen LogP contribution in [0.2, 0.25) is 0 Å². The molecule has 0 aliphatic rings. The molecular formula is C16H26N2O. The zero-order valence-electron chi connectivity index (χ0n) is 12.5. The number of hydrogen-bond donors (Lipinski definition) is 2. The number of aryl methyl sites for hydroxylation is 1. The summed E-state index contributed by atoms with van der Waals surface area (Å²) in [6.45, 7) is 8.59. The summed E-state index contributed by atoms with van der Waals surface area (Å²) in [5.74, 6) is 0.0543. The summed E-state index contributed by atoms with van der Waals surface area (Å²) in [4.78, 5) is 11.6. The third-order valence-corrected chi connectivity index (χ3v) is 3.16. The molecule has 1 atom stereocenters. The zero-order valence-corrected chi connectivity index (χ0v) is 12.5. The van der Waals surface area contributed by atoms with Crippen LogP contribution in [0.3, 0.4) is 0 Å². The number of hydrogen-bond acceptors (Lipinski definition) is 2. The third-order valence-electron chi connectivity index (χ3n) is 3.16. The van der Waals surface area contributed by atoms with Crippen molar-refractivity contribution in [2.45, 2.75) is 52.6 Å². The van der Waals surface area contributed by atoms with Gasteiger partial charge in [0.15, 0.2) is 0 Å². The predicted molar refractivity (Wildman–Crippen MR) is 80.1 cm³/mol. The third kappa shape index (κ3) is 5.43. The van der Waals surface area contributed by atoms with Crippen LogP contribution in [-0.4, -0.2) is 18.5 Å². The number of carbonyl (C=O) groups excluding carboxylic acids is 1. The van der Waals surface area contributed by atoms with Gasteiger partial charge in [-0.05, 0) is 37.8 Å². The predicted octanol–water partition coefficient (Wildman–Crippen LogP) is 2.81. The van der Waals surface area contributed by atoms with Gasteiger partial charge < -0.3 is 10.6 Å². The van der Waals surface area contributed by atoms with Crippen molar-refractivity contribution in [2.75, 3.05) is 6.54 Å². The Morgan fingerprint density at radius 2 is 1.79 bits per heavy atom. The minimum absolute atomic E-state index is 0.0543. The van der Waals surface area contributed by atoms with Crippen LogP contribution in [0.1, 0.15) is 51.3 Å². The van der Waals surface area contributed by atoms with E-state index in [2.05, 4.69) is 48.7 Å². The fourth-order valence-corrected chi connectivity index (χ4v) is 2.07. The molecule has 2 N–H and O–H groups in total. The molecule has 0 saturated heterocycles. The molecule has 0 aliphatic carbocycles. The number of benzene rings is 1. The van der Waals surface area contributed by atoms with Crippen LogP contribution in [0.25, 0.3) is 0 Å². The number of carbonyl (C=O) groups is 1. The van der Waals surface area contributed by atoms with E-state index in [-0.39, 0.29) is 18.0 Å². The Kier molecular flexibility index (Phi) is 6.57. The normalized spacial score (nSPS) is 12.5. The van der Waals surface area contributed by atoms with Crippen molar-refractivity contribution in [3.63, 3.8) is 0 Å². The lowest BCUT2D eigenvalue weighted by Crippen LogP contribution is -2.38. The molecule has 1 aromatic rings. The smallest absolute Gasteiger partial charge is 0.234 e. The molecule has 1 aromatic carbocycles. The van der Waals surface area contributed by atoms with E-state index in [0.29, 0.717) is 6.54 Å². The fourth-order valence-electron chi connectivity index (χ4n) is 2.07. The highest BCUT2D eigenvalue weighted by Crippen LogP contribution is 2.17. The van der Waals surface area contributed by atoms with Crippen LogP contribution < -0.4 is 10.6 Å². The molecule has 0 heterocycles. The first-order valence-corrected chi connectivity index (χ1v) is 7.18. The Morgan fingerprint density at radius 3 is 2.26 bits per heavy atom. The van der Waals surface area contributed by atoms with Gasteiger partial charge in [0, 0.05) is 12.1 Å². The van der Waals surface area contributed by atoms with E-state index in [9.17, 15) is 4.79 Å². The van der Waals surface area contributed by atoms with Crippen LogP contribution in [0, 0.1) is 0 Å². The summed E-state index contributed by atoms with van der Waals surface area (Å²) in [6, 6.07) is 9.06. The van der Waals surface area contributed by atoms with Crippen molar-refractivity contribution in [1.29, 1.82) is 0 Å². The van der Waals surface area contributed by atoms with Crippen molar-refractivity contribution >= 4 is 5.91 Å². The van der Waals surface area contributed by atoms with E-state index >= 15 is 0 Å². The summed E-state index contributed by atoms with van der Waals surface area (Å²) in [5, 5.41) is 6.21. The highest BCUT2D eigenvalue weighted by molar-refractivity contribution is 5.78. The highest BCUT2D eigenvalue weighted by atomic mass is 16.1. The second-order valence-electron chi connectivity index (χ2n) is 5.16. The summed E-state index contributed by atoms with van der Waals surface area (Å²) < 4.78 is 0. The molecular weight excluding hydrogens is 236 g/mol. The number of rotatable bonds is 7. The molecule has 106 valence electrons. The first-order chi connectivity index (χ1) is 9.06. The Labute approximate surface area is 116 Å². The number of amides is 1. The van der Waals surface area contributed by atoms with Gasteiger partial charge in [0.2, 0.25) is 5.91 Å². The topological polar surface area (TPSA) is 41.1 Å². The zero-order chi connectivity index (χ0) is 14.3. The Morgan fingerprint density at radius 1 is 1.16 bits per heavy atom. The van der Waals surface area contributed by atoms with Gasteiger partial charge in [-0.1, -0.05) is 38.1 Å². The average molecular weight is 262 g/mol. The van der Waals surface area contributed by atoms with Gasteiger partial charge >= 0.3 is 0 Å². The molecule has 0 bridgehead atoms. The fraction of sp³-hybridized carbons (Fsp3) is 0.562. The van der Waals surface area contributed by atoms with Crippen molar-refractivity contribution in [1.82, 2.24) is 10.6 Å². The minimum atomic E-state index is 0.0543.